The van der Waals surface area contributed by atoms with Crippen molar-refractivity contribution in [3.8, 4) is 0 Å². The number of carbonyl (C=O) groups is 1. The number of ether oxygens (including phenoxy) is 1. The SMILES string of the molecule is O=CC1OCCN1c1ccccc1Cl. The second kappa shape index (κ2) is 3.98. The minimum atomic E-state index is -0.491. The average Bonchev–Trinajstić information content (AvgIpc) is 2.66. The Morgan fingerprint density at radius 1 is 1.50 bits per heavy atom. The molecule has 1 aliphatic rings. The summed E-state index contributed by atoms with van der Waals surface area (Å²) in [6.45, 7) is 1.27. The third kappa shape index (κ3) is 1.61. The fourth-order valence-corrected chi connectivity index (χ4v) is 1.79. The first kappa shape index (κ1) is 9.49. The van der Waals surface area contributed by atoms with Crippen LogP contribution in [0.1, 0.15) is 0 Å². The second-order valence-electron chi connectivity index (χ2n) is 3.04. The van der Waals surface area contributed by atoms with Gasteiger partial charge < -0.3 is 9.64 Å². The number of carbonyl (C=O) groups excluding carboxylic acids is 1. The van der Waals surface area contributed by atoms with Crippen LogP contribution in [0.4, 0.5) is 5.69 Å². The smallest absolute Gasteiger partial charge is 0.186 e. The maximum Gasteiger partial charge on any atom is 0.186 e. The number of rotatable bonds is 2. The molecule has 0 radical (unpaired) electrons. The van der Waals surface area contributed by atoms with Crippen LogP contribution in [0.3, 0.4) is 0 Å². The van der Waals surface area contributed by atoms with E-state index < -0.39 is 6.23 Å². The number of anilines is 1. The summed E-state index contributed by atoms with van der Waals surface area (Å²) in [5.74, 6) is 0. The van der Waals surface area contributed by atoms with E-state index in [-0.39, 0.29) is 0 Å². The van der Waals surface area contributed by atoms with Crippen molar-refractivity contribution < 1.29 is 9.53 Å². The summed E-state index contributed by atoms with van der Waals surface area (Å²) < 4.78 is 5.22. The van der Waals surface area contributed by atoms with Crippen LogP contribution in [0, 0.1) is 0 Å². The van der Waals surface area contributed by atoms with Crippen molar-refractivity contribution >= 4 is 23.6 Å². The van der Waals surface area contributed by atoms with Gasteiger partial charge in [-0.05, 0) is 12.1 Å². The van der Waals surface area contributed by atoms with Crippen molar-refractivity contribution in [2.75, 3.05) is 18.1 Å². The minimum absolute atomic E-state index is 0.491. The van der Waals surface area contributed by atoms with Crippen molar-refractivity contribution in [1.82, 2.24) is 0 Å². The predicted octanol–water partition coefficient (Wildman–Crippen LogP) is 1.70. The zero-order valence-corrected chi connectivity index (χ0v) is 8.28. The van der Waals surface area contributed by atoms with Crippen LogP contribution < -0.4 is 4.90 Å². The van der Waals surface area contributed by atoms with Gasteiger partial charge in [0.25, 0.3) is 0 Å². The monoisotopic (exact) mass is 211 g/mol. The molecule has 3 nitrogen and oxygen atoms in total. The van der Waals surface area contributed by atoms with Crippen LogP contribution >= 0.6 is 11.6 Å². The highest BCUT2D eigenvalue weighted by Gasteiger charge is 2.25. The first-order valence-corrected chi connectivity index (χ1v) is 4.79. The van der Waals surface area contributed by atoms with Gasteiger partial charge in [-0.2, -0.15) is 0 Å². The van der Waals surface area contributed by atoms with Gasteiger partial charge in [-0.1, -0.05) is 23.7 Å². The van der Waals surface area contributed by atoms with Gasteiger partial charge in [-0.25, -0.2) is 0 Å². The molecule has 2 rings (SSSR count). The molecule has 1 aliphatic heterocycles. The number of para-hydroxylation sites is 1. The summed E-state index contributed by atoms with van der Waals surface area (Å²) in [7, 11) is 0. The van der Waals surface area contributed by atoms with Crippen LogP contribution in [0.2, 0.25) is 5.02 Å². The number of hydrogen-bond acceptors (Lipinski definition) is 3. The fraction of sp³-hybridized carbons (Fsp3) is 0.300. The van der Waals surface area contributed by atoms with E-state index in [9.17, 15) is 4.79 Å². The van der Waals surface area contributed by atoms with Gasteiger partial charge in [0.1, 0.15) is 0 Å². The Morgan fingerprint density at radius 3 is 3.00 bits per heavy atom. The van der Waals surface area contributed by atoms with Crippen molar-refractivity contribution in [3.63, 3.8) is 0 Å². The lowest BCUT2D eigenvalue weighted by Crippen LogP contribution is -2.31. The molecule has 1 aromatic carbocycles. The average molecular weight is 212 g/mol. The maximum atomic E-state index is 10.7. The second-order valence-corrected chi connectivity index (χ2v) is 3.45. The number of hydrogen-bond donors (Lipinski definition) is 0. The van der Waals surface area contributed by atoms with Crippen molar-refractivity contribution in [2.45, 2.75) is 6.23 Å². The van der Waals surface area contributed by atoms with E-state index in [4.69, 9.17) is 16.3 Å². The molecule has 0 N–H and O–H groups in total. The standard InChI is InChI=1S/C10H10ClNO2/c11-8-3-1-2-4-9(8)12-5-6-14-10(12)7-13/h1-4,7,10H,5-6H2. The molecule has 1 fully saturated rings. The van der Waals surface area contributed by atoms with Gasteiger partial charge in [0, 0.05) is 6.54 Å². The molecule has 1 heterocycles. The van der Waals surface area contributed by atoms with Crippen LogP contribution in [-0.2, 0) is 9.53 Å². The summed E-state index contributed by atoms with van der Waals surface area (Å²) in [5.41, 5.74) is 0.851. The van der Waals surface area contributed by atoms with E-state index in [0.717, 1.165) is 12.0 Å². The van der Waals surface area contributed by atoms with Crippen molar-refractivity contribution in [1.29, 1.82) is 0 Å². The Bertz CT molecular complexity index is 343. The van der Waals surface area contributed by atoms with Gasteiger partial charge in [0.15, 0.2) is 12.5 Å². The summed E-state index contributed by atoms with van der Waals surface area (Å²) in [6, 6.07) is 7.44. The van der Waals surface area contributed by atoms with E-state index in [1.165, 1.54) is 0 Å². The van der Waals surface area contributed by atoms with Crippen molar-refractivity contribution in [3.05, 3.63) is 29.3 Å². The van der Waals surface area contributed by atoms with Crippen LogP contribution in [0.25, 0.3) is 0 Å². The zero-order chi connectivity index (χ0) is 9.97. The largest absolute Gasteiger partial charge is 0.349 e. The molecule has 0 amide bonds. The Morgan fingerprint density at radius 2 is 2.29 bits per heavy atom. The minimum Gasteiger partial charge on any atom is -0.349 e. The van der Waals surface area contributed by atoms with Crippen LogP contribution in [-0.4, -0.2) is 25.7 Å². The Kier molecular flexibility index (Phi) is 2.70. The third-order valence-electron chi connectivity index (χ3n) is 2.21. The highest BCUT2D eigenvalue weighted by Crippen LogP contribution is 2.28. The molecule has 1 aromatic rings. The lowest BCUT2D eigenvalue weighted by atomic mass is 10.3. The zero-order valence-electron chi connectivity index (χ0n) is 7.52. The molecule has 14 heavy (non-hydrogen) atoms. The Balaban J connectivity index is 2.30. The molecule has 1 atom stereocenters. The van der Waals surface area contributed by atoms with Crippen LogP contribution in [0.5, 0.6) is 0 Å². The Hall–Kier alpha value is -1.06. The highest BCUT2D eigenvalue weighted by molar-refractivity contribution is 6.33. The van der Waals surface area contributed by atoms with E-state index in [1.807, 2.05) is 23.1 Å². The lowest BCUT2D eigenvalue weighted by molar-refractivity contribution is -0.115. The van der Waals surface area contributed by atoms with E-state index in [1.54, 1.807) is 6.07 Å². The lowest BCUT2D eigenvalue weighted by Gasteiger charge is -2.21. The summed E-state index contributed by atoms with van der Waals surface area (Å²) in [5, 5.41) is 0.643. The van der Waals surface area contributed by atoms with E-state index >= 15 is 0 Å². The molecule has 74 valence electrons. The summed E-state index contributed by atoms with van der Waals surface area (Å²) in [6.07, 6.45) is 0.297. The number of nitrogens with zero attached hydrogens (tertiary/aromatic N) is 1. The normalized spacial score (nSPS) is 21.2. The van der Waals surface area contributed by atoms with Gasteiger partial charge in [-0.15, -0.1) is 0 Å². The topological polar surface area (TPSA) is 29.5 Å². The molecule has 1 unspecified atom stereocenters. The molecule has 0 aromatic heterocycles. The fourth-order valence-electron chi connectivity index (χ4n) is 1.54. The van der Waals surface area contributed by atoms with E-state index in [2.05, 4.69) is 0 Å². The number of benzene rings is 1. The molecule has 0 bridgehead atoms. The molecular weight excluding hydrogens is 202 g/mol. The third-order valence-corrected chi connectivity index (χ3v) is 2.53. The Labute approximate surface area is 87.2 Å². The van der Waals surface area contributed by atoms with Crippen molar-refractivity contribution in [2.24, 2.45) is 0 Å². The summed E-state index contributed by atoms with van der Waals surface area (Å²) >= 11 is 6.01. The molecular formula is C10H10ClNO2. The van der Waals surface area contributed by atoms with Gasteiger partial charge in [0.05, 0.1) is 17.3 Å². The highest BCUT2D eigenvalue weighted by atomic mass is 35.5. The first-order valence-electron chi connectivity index (χ1n) is 4.41. The van der Waals surface area contributed by atoms with Crippen LogP contribution in [0.15, 0.2) is 24.3 Å². The molecule has 0 saturated carbocycles. The number of halogens is 1. The number of aldehydes is 1. The summed E-state index contributed by atoms with van der Waals surface area (Å²) in [4.78, 5) is 12.5. The molecule has 0 aliphatic carbocycles. The molecule has 1 saturated heterocycles. The maximum absolute atomic E-state index is 10.7. The molecule has 4 heteroatoms. The van der Waals surface area contributed by atoms with Gasteiger partial charge in [-0.3, -0.25) is 4.79 Å². The quantitative estimate of drug-likeness (QED) is 0.698. The predicted molar refractivity (Wildman–Crippen MR) is 54.6 cm³/mol. The van der Waals surface area contributed by atoms with Gasteiger partial charge >= 0.3 is 0 Å². The molecule has 0 spiro atoms. The van der Waals surface area contributed by atoms with Gasteiger partial charge in [0.2, 0.25) is 0 Å². The van der Waals surface area contributed by atoms with E-state index in [0.29, 0.717) is 18.2 Å². The first-order chi connectivity index (χ1) is 6.83.